The molecule has 0 radical (unpaired) electrons. The molecule has 122 valence electrons. The monoisotopic (exact) mass is 336 g/mol. The van der Waals surface area contributed by atoms with Gasteiger partial charge >= 0.3 is 5.97 Å². The molecule has 0 saturated heterocycles. The molecule has 2 rings (SSSR count). The number of nitriles is 1. The number of hydrogen-bond donors (Lipinski definition) is 1. The maximum Gasteiger partial charge on any atom is 0.321 e. The Labute approximate surface area is 134 Å². The minimum atomic E-state index is -4.01. The molecule has 1 aromatic rings. The number of benzene rings is 1. The average molecular weight is 336 g/mol. The molecule has 1 aromatic carbocycles. The zero-order chi connectivity index (χ0) is 16.9. The summed E-state index contributed by atoms with van der Waals surface area (Å²) in [7, 11) is -4.01. The minimum absolute atomic E-state index is 0.0178. The maximum absolute atomic E-state index is 12.1. The van der Waals surface area contributed by atoms with Gasteiger partial charge in [-0.15, -0.1) is 0 Å². The Morgan fingerprint density at radius 2 is 2.09 bits per heavy atom. The fourth-order valence-electron chi connectivity index (χ4n) is 2.30. The predicted molar refractivity (Wildman–Crippen MR) is 79.7 cm³/mol. The van der Waals surface area contributed by atoms with E-state index in [0.717, 1.165) is 12.8 Å². The predicted octanol–water partition coefficient (Wildman–Crippen LogP) is 0.891. The van der Waals surface area contributed by atoms with E-state index >= 15 is 0 Å². The molecule has 0 heterocycles. The van der Waals surface area contributed by atoms with Crippen molar-refractivity contribution >= 4 is 21.8 Å². The Bertz CT molecular complexity index is 751. The highest BCUT2D eigenvalue weighted by Crippen LogP contribution is 2.18. The molecule has 8 heteroatoms. The molecule has 0 amide bonds. The van der Waals surface area contributed by atoms with E-state index in [1.807, 2.05) is 0 Å². The van der Waals surface area contributed by atoms with Gasteiger partial charge in [0.25, 0.3) is 0 Å². The molecule has 0 spiro atoms. The van der Waals surface area contributed by atoms with E-state index in [4.69, 9.17) is 10.00 Å². The van der Waals surface area contributed by atoms with Gasteiger partial charge in [-0.25, -0.2) is 8.42 Å². The van der Waals surface area contributed by atoms with Crippen molar-refractivity contribution in [2.24, 2.45) is 0 Å². The Morgan fingerprint density at radius 3 is 2.78 bits per heavy atom. The number of esters is 1. The number of ether oxygens (including phenoxy) is 1. The number of carbonyl (C=O) groups excluding carboxylic acids is 2. The van der Waals surface area contributed by atoms with Crippen LogP contribution >= 0.6 is 0 Å². The molecule has 1 aliphatic rings. The molecule has 23 heavy (non-hydrogen) atoms. The SMILES string of the molecule is N#Cc1ccccc1S(=O)(=O)NCC(=O)O[C@@H]1CCCCC1=O. The molecule has 1 aliphatic carbocycles. The first-order chi connectivity index (χ1) is 10.9. The first kappa shape index (κ1) is 17.1. The summed E-state index contributed by atoms with van der Waals surface area (Å²) in [5.41, 5.74) is -0.0178. The van der Waals surface area contributed by atoms with Gasteiger partial charge in [0.2, 0.25) is 10.0 Å². The van der Waals surface area contributed by atoms with E-state index < -0.39 is 28.6 Å². The summed E-state index contributed by atoms with van der Waals surface area (Å²) in [6, 6.07) is 7.45. The molecule has 7 nitrogen and oxygen atoms in total. The van der Waals surface area contributed by atoms with Crippen LogP contribution in [0.25, 0.3) is 0 Å². The Hall–Kier alpha value is -2.24. The largest absolute Gasteiger partial charge is 0.453 e. The van der Waals surface area contributed by atoms with E-state index in [0.29, 0.717) is 12.8 Å². The van der Waals surface area contributed by atoms with Crippen LogP contribution in [0.4, 0.5) is 0 Å². The van der Waals surface area contributed by atoms with E-state index in [1.54, 1.807) is 12.1 Å². The lowest BCUT2D eigenvalue weighted by Crippen LogP contribution is -2.36. The zero-order valence-electron chi connectivity index (χ0n) is 12.3. The van der Waals surface area contributed by atoms with Crippen LogP contribution in [0, 0.1) is 11.3 Å². The number of ketones is 1. The molecular formula is C15H16N2O5S. The topological polar surface area (TPSA) is 113 Å². The molecule has 0 aromatic heterocycles. The molecular weight excluding hydrogens is 320 g/mol. The number of Topliss-reactive ketones (excluding diaryl/α,β-unsaturated/α-hetero) is 1. The minimum Gasteiger partial charge on any atom is -0.453 e. The summed E-state index contributed by atoms with van der Waals surface area (Å²) in [6.45, 7) is -0.591. The fourth-order valence-corrected chi connectivity index (χ4v) is 3.43. The first-order valence-corrected chi connectivity index (χ1v) is 8.63. The molecule has 1 saturated carbocycles. The van der Waals surface area contributed by atoms with Crippen LogP contribution in [0.1, 0.15) is 31.2 Å². The third kappa shape index (κ3) is 4.37. The molecule has 0 bridgehead atoms. The highest BCUT2D eigenvalue weighted by molar-refractivity contribution is 7.89. The quantitative estimate of drug-likeness (QED) is 0.799. The lowest BCUT2D eigenvalue weighted by molar-refractivity contribution is -0.155. The zero-order valence-corrected chi connectivity index (χ0v) is 13.1. The van der Waals surface area contributed by atoms with Crippen LogP contribution in [0.5, 0.6) is 0 Å². The lowest BCUT2D eigenvalue weighted by Gasteiger charge is -2.20. The highest BCUT2D eigenvalue weighted by atomic mass is 32.2. The standard InChI is InChI=1S/C15H16N2O5S/c16-9-11-5-1-4-8-14(11)23(20,21)17-10-15(19)22-13-7-3-2-6-12(13)18/h1,4-5,8,13,17H,2-3,6-7,10H2/t13-/m1/s1. The Morgan fingerprint density at radius 1 is 1.35 bits per heavy atom. The van der Waals surface area contributed by atoms with E-state index in [2.05, 4.69) is 4.72 Å². The van der Waals surface area contributed by atoms with Crippen molar-refractivity contribution in [2.45, 2.75) is 36.7 Å². The van der Waals surface area contributed by atoms with Crippen LogP contribution in [-0.2, 0) is 24.3 Å². The second-order valence-electron chi connectivity index (χ2n) is 5.12. The third-order valence-electron chi connectivity index (χ3n) is 3.48. The molecule has 1 N–H and O–H groups in total. The van der Waals surface area contributed by atoms with Crippen LogP contribution in [0.3, 0.4) is 0 Å². The summed E-state index contributed by atoms with van der Waals surface area (Å²) in [6.07, 6.45) is 1.63. The van der Waals surface area contributed by atoms with E-state index in [-0.39, 0.29) is 16.2 Å². The van der Waals surface area contributed by atoms with Crippen molar-refractivity contribution in [3.63, 3.8) is 0 Å². The second kappa shape index (κ2) is 7.35. The van der Waals surface area contributed by atoms with Crippen molar-refractivity contribution in [1.82, 2.24) is 4.72 Å². The Balaban J connectivity index is 1.98. The number of hydrogen-bond acceptors (Lipinski definition) is 6. The highest BCUT2D eigenvalue weighted by Gasteiger charge is 2.26. The number of rotatable bonds is 5. The Kier molecular flexibility index (Phi) is 5.47. The lowest BCUT2D eigenvalue weighted by atomic mass is 9.96. The van der Waals surface area contributed by atoms with Crippen LogP contribution in [-0.4, -0.2) is 32.8 Å². The van der Waals surface area contributed by atoms with Gasteiger partial charge in [0.1, 0.15) is 12.6 Å². The number of nitrogens with zero attached hydrogens (tertiary/aromatic N) is 1. The van der Waals surface area contributed by atoms with Crippen molar-refractivity contribution in [3.05, 3.63) is 29.8 Å². The molecule has 0 aliphatic heterocycles. The van der Waals surface area contributed by atoms with E-state index in [9.17, 15) is 18.0 Å². The van der Waals surface area contributed by atoms with Gasteiger partial charge in [0, 0.05) is 6.42 Å². The summed E-state index contributed by atoms with van der Waals surface area (Å²) >= 11 is 0. The number of carbonyl (C=O) groups is 2. The second-order valence-corrected chi connectivity index (χ2v) is 6.86. The molecule has 0 unspecified atom stereocenters. The average Bonchev–Trinajstić information content (AvgIpc) is 2.55. The van der Waals surface area contributed by atoms with Gasteiger partial charge < -0.3 is 4.74 Å². The smallest absolute Gasteiger partial charge is 0.321 e. The molecule has 1 fully saturated rings. The van der Waals surface area contributed by atoms with Gasteiger partial charge in [-0.05, 0) is 31.4 Å². The summed E-state index contributed by atoms with van der Waals surface area (Å²) < 4.78 is 31.4. The first-order valence-electron chi connectivity index (χ1n) is 7.15. The van der Waals surface area contributed by atoms with Crippen molar-refractivity contribution in [3.8, 4) is 6.07 Å². The number of sulfonamides is 1. The van der Waals surface area contributed by atoms with Crippen molar-refractivity contribution < 1.29 is 22.7 Å². The number of nitrogens with one attached hydrogen (secondary N) is 1. The van der Waals surface area contributed by atoms with Gasteiger partial charge in [0.05, 0.1) is 10.5 Å². The summed E-state index contributed by atoms with van der Waals surface area (Å²) in [5.74, 6) is -0.953. The van der Waals surface area contributed by atoms with E-state index in [1.165, 1.54) is 18.2 Å². The summed E-state index contributed by atoms with van der Waals surface area (Å²) in [4.78, 5) is 23.1. The maximum atomic E-state index is 12.1. The van der Waals surface area contributed by atoms with Crippen molar-refractivity contribution in [2.75, 3.05) is 6.54 Å². The normalized spacial score (nSPS) is 18.2. The third-order valence-corrected chi connectivity index (χ3v) is 4.94. The van der Waals surface area contributed by atoms with Crippen LogP contribution in [0.2, 0.25) is 0 Å². The van der Waals surface area contributed by atoms with Gasteiger partial charge in [-0.3, -0.25) is 9.59 Å². The van der Waals surface area contributed by atoms with Gasteiger partial charge in [0.15, 0.2) is 11.9 Å². The van der Waals surface area contributed by atoms with Crippen molar-refractivity contribution in [1.29, 1.82) is 5.26 Å². The molecule has 1 atom stereocenters. The van der Waals surface area contributed by atoms with Crippen LogP contribution < -0.4 is 4.72 Å². The van der Waals surface area contributed by atoms with Gasteiger partial charge in [-0.1, -0.05) is 12.1 Å². The summed E-state index contributed by atoms with van der Waals surface area (Å²) in [5, 5.41) is 8.93. The fraction of sp³-hybridized carbons (Fsp3) is 0.400. The van der Waals surface area contributed by atoms with Crippen LogP contribution in [0.15, 0.2) is 29.2 Å². The van der Waals surface area contributed by atoms with Gasteiger partial charge in [-0.2, -0.15) is 9.98 Å².